The lowest BCUT2D eigenvalue weighted by Crippen LogP contribution is -2.01. The molecule has 0 spiro atoms. The molecule has 3 aromatic rings. The molecule has 3 nitrogen and oxygen atoms in total. The Bertz CT molecular complexity index is 825. The molecule has 0 saturated heterocycles. The summed E-state index contributed by atoms with van der Waals surface area (Å²) in [6.07, 6.45) is 1.47. The molecule has 0 unspecified atom stereocenters. The maximum absolute atomic E-state index is 12.5. The normalized spacial score (nSPS) is 11.8. The molecule has 0 amide bonds. The molecule has 104 valence electrons. The third kappa shape index (κ3) is 2.46. The van der Waals surface area contributed by atoms with Crippen molar-refractivity contribution in [1.29, 1.82) is 0 Å². The molecule has 3 rings (SSSR count). The molecule has 2 aromatic carbocycles. The summed E-state index contributed by atoms with van der Waals surface area (Å²) in [5.74, 6) is -0.0775. The molecule has 3 N–H and O–H groups in total. The van der Waals surface area contributed by atoms with Gasteiger partial charge in [-0.1, -0.05) is 48.5 Å². The van der Waals surface area contributed by atoms with Crippen molar-refractivity contribution in [2.24, 2.45) is 5.73 Å². The van der Waals surface area contributed by atoms with Crippen molar-refractivity contribution >= 4 is 16.7 Å². The van der Waals surface area contributed by atoms with Crippen LogP contribution >= 0.6 is 0 Å². The zero-order chi connectivity index (χ0) is 14.8. The number of hydrogen-bond acceptors (Lipinski definition) is 2. The van der Waals surface area contributed by atoms with E-state index in [1.807, 2.05) is 54.6 Å². The van der Waals surface area contributed by atoms with Crippen molar-refractivity contribution in [2.75, 3.05) is 0 Å². The summed E-state index contributed by atoms with van der Waals surface area (Å²) in [6.45, 7) is 1.72. The molecule has 0 aliphatic heterocycles. The molecule has 0 saturated carbocycles. The van der Waals surface area contributed by atoms with E-state index in [9.17, 15) is 4.79 Å². The van der Waals surface area contributed by atoms with Crippen LogP contribution in [0.2, 0.25) is 0 Å². The monoisotopic (exact) mass is 276 g/mol. The van der Waals surface area contributed by atoms with E-state index in [1.54, 1.807) is 6.92 Å². The topological polar surface area (TPSA) is 58.9 Å². The fourth-order valence-electron chi connectivity index (χ4n) is 2.50. The van der Waals surface area contributed by atoms with Gasteiger partial charge in [0.1, 0.15) is 0 Å². The van der Waals surface area contributed by atoms with E-state index in [1.165, 1.54) is 6.08 Å². The standard InChI is InChI=1S/C18H16N2O/c1-12(19)11-16(21)17-14-9-5-6-10-15(14)20-18(17)13-7-3-2-4-8-13/h2-11,20H,19H2,1H3/b12-11-. The molecule has 1 heterocycles. The first kappa shape index (κ1) is 13.2. The van der Waals surface area contributed by atoms with Gasteiger partial charge in [0.2, 0.25) is 0 Å². The summed E-state index contributed by atoms with van der Waals surface area (Å²) in [5, 5.41) is 0.916. The van der Waals surface area contributed by atoms with Gasteiger partial charge < -0.3 is 10.7 Å². The van der Waals surface area contributed by atoms with Crippen LogP contribution in [0.5, 0.6) is 0 Å². The number of H-pyrrole nitrogens is 1. The average Bonchev–Trinajstić information content (AvgIpc) is 2.87. The van der Waals surface area contributed by atoms with Crippen LogP contribution in [-0.4, -0.2) is 10.8 Å². The number of ketones is 1. The average molecular weight is 276 g/mol. The van der Waals surface area contributed by atoms with Crippen molar-refractivity contribution < 1.29 is 4.79 Å². The molecular formula is C18H16N2O. The number of allylic oxidation sites excluding steroid dienone is 2. The summed E-state index contributed by atoms with van der Waals surface area (Å²) in [6, 6.07) is 17.6. The summed E-state index contributed by atoms with van der Waals surface area (Å²) >= 11 is 0. The number of para-hydroxylation sites is 1. The van der Waals surface area contributed by atoms with E-state index in [-0.39, 0.29) is 5.78 Å². The third-order valence-electron chi connectivity index (χ3n) is 3.37. The maximum atomic E-state index is 12.5. The number of benzene rings is 2. The van der Waals surface area contributed by atoms with Crippen LogP contribution in [0.25, 0.3) is 22.2 Å². The van der Waals surface area contributed by atoms with E-state index in [2.05, 4.69) is 4.98 Å². The Labute approximate surface area is 123 Å². The second-order valence-electron chi connectivity index (χ2n) is 5.04. The lowest BCUT2D eigenvalue weighted by Gasteiger charge is -2.02. The number of aromatic nitrogens is 1. The highest BCUT2D eigenvalue weighted by Crippen LogP contribution is 2.30. The molecule has 21 heavy (non-hydrogen) atoms. The van der Waals surface area contributed by atoms with Gasteiger partial charge in [-0.15, -0.1) is 0 Å². The van der Waals surface area contributed by atoms with Crippen LogP contribution in [0, 0.1) is 0 Å². The van der Waals surface area contributed by atoms with Gasteiger partial charge >= 0.3 is 0 Å². The van der Waals surface area contributed by atoms with Gasteiger partial charge in [0, 0.05) is 22.7 Å². The molecule has 1 aromatic heterocycles. The van der Waals surface area contributed by atoms with Gasteiger partial charge in [0.25, 0.3) is 0 Å². The van der Waals surface area contributed by atoms with E-state index in [0.29, 0.717) is 11.3 Å². The first-order chi connectivity index (χ1) is 10.2. The van der Waals surface area contributed by atoms with Crippen molar-refractivity contribution in [1.82, 2.24) is 4.98 Å². The predicted molar refractivity (Wildman–Crippen MR) is 86.0 cm³/mol. The Morgan fingerprint density at radius 3 is 2.43 bits per heavy atom. The van der Waals surface area contributed by atoms with Gasteiger partial charge in [0.05, 0.1) is 11.3 Å². The van der Waals surface area contributed by atoms with Crippen molar-refractivity contribution in [3.63, 3.8) is 0 Å². The number of carbonyl (C=O) groups excluding carboxylic acids is 1. The number of carbonyl (C=O) groups is 1. The quantitative estimate of drug-likeness (QED) is 0.563. The van der Waals surface area contributed by atoms with Crippen molar-refractivity contribution in [3.8, 4) is 11.3 Å². The highest BCUT2D eigenvalue weighted by molar-refractivity contribution is 6.17. The minimum Gasteiger partial charge on any atom is -0.402 e. The zero-order valence-electron chi connectivity index (χ0n) is 11.8. The molecule has 3 heteroatoms. The van der Waals surface area contributed by atoms with E-state index in [0.717, 1.165) is 22.2 Å². The van der Waals surface area contributed by atoms with Crippen LogP contribution in [0.1, 0.15) is 17.3 Å². The van der Waals surface area contributed by atoms with Crippen LogP contribution in [0.3, 0.4) is 0 Å². The van der Waals surface area contributed by atoms with Gasteiger partial charge in [-0.3, -0.25) is 4.79 Å². The Hall–Kier alpha value is -2.81. The number of aromatic amines is 1. The highest BCUT2D eigenvalue weighted by atomic mass is 16.1. The van der Waals surface area contributed by atoms with Crippen molar-refractivity contribution in [2.45, 2.75) is 6.92 Å². The maximum Gasteiger partial charge on any atom is 0.190 e. The fraction of sp³-hybridized carbons (Fsp3) is 0.0556. The summed E-state index contributed by atoms with van der Waals surface area (Å²) in [4.78, 5) is 15.9. The minimum absolute atomic E-state index is 0.0775. The Morgan fingerprint density at radius 1 is 1.05 bits per heavy atom. The summed E-state index contributed by atoms with van der Waals surface area (Å²) in [7, 11) is 0. The van der Waals surface area contributed by atoms with E-state index in [4.69, 9.17) is 5.73 Å². The van der Waals surface area contributed by atoms with Crippen molar-refractivity contribution in [3.05, 3.63) is 71.9 Å². The number of nitrogens with two attached hydrogens (primary N) is 1. The Balaban J connectivity index is 2.29. The first-order valence-corrected chi connectivity index (χ1v) is 6.81. The number of hydrogen-bond donors (Lipinski definition) is 2. The van der Waals surface area contributed by atoms with Crippen LogP contribution in [0.15, 0.2) is 66.4 Å². The second kappa shape index (κ2) is 5.29. The van der Waals surface area contributed by atoms with Gasteiger partial charge in [-0.2, -0.15) is 0 Å². The fourth-order valence-corrected chi connectivity index (χ4v) is 2.50. The predicted octanol–water partition coefficient (Wildman–Crippen LogP) is 3.88. The Morgan fingerprint density at radius 2 is 1.71 bits per heavy atom. The first-order valence-electron chi connectivity index (χ1n) is 6.81. The van der Waals surface area contributed by atoms with E-state index < -0.39 is 0 Å². The lowest BCUT2D eigenvalue weighted by atomic mass is 10.0. The number of nitrogens with one attached hydrogen (secondary N) is 1. The second-order valence-corrected chi connectivity index (χ2v) is 5.04. The van der Waals surface area contributed by atoms with Crippen LogP contribution in [-0.2, 0) is 0 Å². The molecule has 0 radical (unpaired) electrons. The largest absolute Gasteiger partial charge is 0.402 e. The molecular weight excluding hydrogens is 260 g/mol. The smallest absolute Gasteiger partial charge is 0.190 e. The van der Waals surface area contributed by atoms with Gasteiger partial charge in [-0.05, 0) is 18.6 Å². The minimum atomic E-state index is -0.0775. The highest BCUT2D eigenvalue weighted by Gasteiger charge is 2.17. The number of fused-ring (bicyclic) bond motifs is 1. The lowest BCUT2D eigenvalue weighted by molar-refractivity contribution is 0.104. The van der Waals surface area contributed by atoms with Crippen LogP contribution < -0.4 is 5.73 Å². The third-order valence-corrected chi connectivity index (χ3v) is 3.37. The molecule has 0 aliphatic rings. The molecule has 0 bridgehead atoms. The Kier molecular flexibility index (Phi) is 3.32. The molecule has 0 atom stereocenters. The van der Waals surface area contributed by atoms with Crippen LogP contribution in [0.4, 0.5) is 0 Å². The SMILES string of the molecule is C/C(N)=C/C(=O)c1c(-c2ccccc2)[nH]c2ccccc12. The van der Waals surface area contributed by atoms with E-state index >= 15 is 0 Å². The zero-order valence-corrected chi connectivity index (χ0v) is 11.8. The van der Waals surface area contributed by atoms with Gasteiger partial charge in [-0.25, -0.2) is 0 Å². The summed E-state index contributed by atoms with van der Waals surface area (Å²) < 4.78 is 0. The molecule has 0 fully saturated rings. The number of rotatable bonds is 3. The summed E-state index contributed by atoms with van der Waals surface area (Å²) in [5.41, 5.74) is 9.60. The molecule has 0 aliphatic carbocycles. The van der Waals surface area contributed by atoms with Gasteiger partial charge in [0.15, 0.2) is 5.78 Å².